The Balaban J connectivity index is 2.42. The number of nitrogen functional groups attached to an aromatic ring is 1. The average molecular weight is 231 g/mol. The number of nitrogens with two attached hydrogens (primary N) is 1. The standard InChI is InChI=1S/C12H13N3O2/c1-8-9(3-2-4-10(8)13)7-15-6-5-11(16)14-12(15)17/h2-6H,7,13H2,1H3,(H,14,16,17). The molecule has 5 heteroatoms. The molecule has 0 aliphatic carbocycles. The Morgan fingerprint density at radius 3 is 2.76 bits per heavy atom. The molecule has 1 heterocycles. The number of H-pyrrole nitrogens is 1. The summed E-state index contributed by atoms with van der Waals surface area (Å²) in [7, 11) is 0. The fourth-order valence-corrected chi connectivity index (χ4v) is 1.63. The van der Waals surface area contributed by atoms with Crippen LogP contribution in [0.4, 0.5) is 5.69 Å². The Kier molecular flexibility index (Phi) is 2.82. The van der Waals surface area contributed by atoms with E-state index in [-0.39, 0.29) is 0 Å². The van der Waals surface area contributed by atoms with Gasteiger partial charge in [-0.25, -0.2) is 4.79 Å². The van der Waals surface area contributed by atoms with Crippen LogP contribution in [0.25, 0.3) is 0 Å². The molecular formula is C12H13N3O2. The highest BCUT2D eigenvalue weighted by molar-refractivity contribution is 5.49. The molecule has 0 bridgehead atoms. The second kappa shape index (κ2) is 4.29. The van der Waals surface area contributed by atoms with E-state index in [2.05, 4.69) is 4.98 Å². The number of nitrogens with one attached hydrogen (secondary N) is 1. The Morgan fingerprint density at radius 2 is 2.06 bits per heavy atom. The van der Waals surface area contributed by atoms with Gasteiger partial charge in [-0.1, -0.05) is 12.1 Å². The third kappa shape index (κ3) is 2.28. The average Bonchev–Trinajstić information content (AvgIpc) is 2.28. The van der Waals surface area contributed by atoms with E-state index in [0.717, 1.165) is 11.1 Å². The number of nitrogens with zero attached hydrogens (tertiary/aromatic N) is 1. The van der Waals surface area contributed by atoms with Crippen LogP contribution in [0.1, 0.15) is 11.1 Å². The summed E-state index contributed by atoms with van der Waals surface area (Å²) in [5, 5.41) is 0. The second-order valence-electron chi connectivity index (χ2n) is 3.87. The fraction of sp³-hybridized carbons (Fsp3) is 0.167. The van der Waals surface area contributed by atoms with E-state index >= 15 is 0 Å². The summed E-state index contributed by atoms with van der Waals surface area (Å²) >= 11 is 0. The van der Waals surface area contributed by atoms with Crippen LogP contribution < -0.4 is 17.0 Å². The largest absolute Gasteiger partial charge is 0.399 e. The fourth-order valence-electron chi connectivity index (χ4n) is 1.63. The molecule has 0 aliphatic heterocycles. The van der Waals surface area contributed by atoms with Crippen LogP contribution in [-0.4, -0.2) is 9.55 Å². The number of aromatic amines is 1. The Bertz CT molecular complexity index is 655. The Morgan fingerprint density at radius 1 is 1.29 bits per heavy atom. The van der Waals surface area contributed by atoms with E-state index in [0.29, 0.717) is 12.2 Å². The molecule has 0 fully saturated rings. The maximum absolute atomic E-state index is 11.5. The molecule has 0 amide bonds. The lowest BCUT2D eigenvalue weighted by molar-refractivity contribution is 0.718. The summed E-state index contributed by atoms with van der Waals surface area (Å²) in [5.74, 6) is 0. The Labute approximate surface area is 97.5 Å². The normalized spacial score (nSPS) is 10.4. The predicted molar refractivity (Wildman–Crippen MR) is 66.0 cm³/mol. The highest BCUT2D eigenvalue weighted by Crippen LogP contribution is 2.15. The summed E-state index contributed by atoms with van der Waals surface area (Å²) in [4.78, 5) is 24.7. The molecule has 5 nitrogen and oxygen atoms in total. The molecule has 2 aromatic rings. The predicted octanol–water partition coefficient (Wildman–Crippen LogP) is 0.476. The van der Waals surface area contributed by atoms with Crippen molar-refractivity contribution in [2.75, 3.05) is 5.73 Å². The van der Waals surface area contributed by atoms with Gasteiger partial charge in [0.15, 0.2) is 0 Å². The van der Waals surface area contributed by atoms with E-state index in [9.17, 15) is 9.59 Å². The minimum absolute atomic E-state index is 0.393. The lowest BCUT2D eigenvalue weighted by Crippen LogP contribution is -2.29. The number of aromatic nitrogens is 2. The summed E-state index contributed by atoms with van der Waals surface area (Å²) in [6.07, 6.45) is 1.48. The van der Waals surface area contributed by atoms with E-state index < -0.39 is 11.2 Å². The number of rotatable bonds is 2. The summed E-state index contributed by atoms with van der Waals surface area (Å²) in [6.45, 7) is 2.30. The molecule has 1 aromatic carbocycles. The molecule has 2 rings (SSSR count). The van der Waals surface area contributed by atoms with Gasteiger partial charge in [-0.15, -0.1) is 0 Å². The van der Waals surface area contributed by atoms with E-state index in [1.165, 1.54) is 16.8 Å². The van der Waals surface area contributed by atoms with Crippen molar-refractivity contribution in [3.8, 4) is 0 Å². The maximum Gasteiger partial charge on any atom is 0.328 e. The molecule has 0 aliphatic rings. The van der Waals surface area contributed by atoms with Crippen molar-refractivity contribution in [2.24, 2.45) is 0 Å². The monoisotopic (exact) mass is 231 g/mol. The molecule has 3 N–H and O–H groups in total. The molecule has 88 valence electrons. The van der Waals surface area contributed by atoms with Crippen molar-refractivity contribution in [1.82, 2.24) is 9.55 Å². The third-order valence-electron chi connectivity index (χ3n) is 2.73. The topological polar surface area (TPSA) is 80.9 Å². The molecule has 0 radical (unpaired) electrons. The van der Waals surface area contributed by atoms with Gasteiger partial charge in [0.1, 0.15) is 0 Å². The lowest BCUT2D eigenvalue weighted by Gasteiger charge is -2.09. The summed E-state index contributed by atoms with van der Waals surface area (Å²) in [6, 6.07) is 6.88. The van der Waals surface area contributed by atoms with Crippen molar-refractivity contribution in [2.45, 2.75) is 13.5 Å². The molecule has 1 aromatic heterocycles. The smallest absolute Gasteiger partial charge is 0.328 e. The minimum Gasteiger partial charge on any atom is -0.399 e. The van der Waals surface area contributed by atoms with Crippen molar-refractivity contribution in [3.63, 3.8) is 0 Å². The van der Waals surface area contributed by atoms with E-state index in [1.807, 2.05) is 25.1 Å². The summed E-state index contributed by atoms with van der Waals surface area (Å²) < 4.78 is 1.43. The molecule has 0 unspecified atom stereocenters. The SMILES string of the molecule is Cc1c(N)cccc1Cn1ccc(=O)[nH]c1=O. The molecule has 0 atom stereocenters. The van der Waals surface area contributed by atoms with Gasteiger partial charge in [-0.3, -0.25) is 14.3 Å². The van der Waals surface area contributed by atoms with Gasteiger partial charge >= 0.3 is 5.69 Å². The molecular weight excluding hydrogens is 218 g/mol. The van der Waals surface area contributed by atoms with Gasteiger partial charge in [0.05, 0.1) is 6.54 Å². The van der Waals surface area contributed by atoms with Gasteiger partial charge in [0, 0.05) is 18.0 Å². The van der Waals surface area contributed by atoms with Crippen LogP contribution in [0.3, 0.4) is 0 Å². The Hall–Kier alpha value is -2.30. The summed E-state index contributed by atoms with van der Waals surface area (Å²) in [5.41, 5.74) is 7.58. The highest BCUT2D eigenvalue weighted by Gasteiger charge is 2.03. The van der Waals surface area contributed by atoms with Crippen LogP contribution in [0.2, 0.25) is 0 Å². The molecule has 0 spiro atoms. The van der Waals surface area contributed by atoms with E-state index in [4.69, 9.17) is 5.73 Å². The zero-order chi connectivity index (χ0) is 12.4. The van der Waals surface area contributed by atoms with Crippen LogP contribution in [0, 0.1) is 6.92 Å². The number of hydrogen-bond donors (Lipinski definition) is 2. The number of benzene rings is 1. The lowest BCUT2D eigenvalue weighted by atomic mass is 10.1. The van der Waals surface area contributed by atoms with Crippen molar-refractivity contribution < 1.29 is 0 Å². The number of hydrogen-bond acceptors (Lipinski definition) is 3. The second-order valence-corrected chi connectivity index (χ2v) is 3.87. The first kappa shape index (κ1) is 11.2. The van der Waals surface area contributed by atoms with Crippen LogP contribution in [-0.2, 0) is 6.54 Å². The number of anilines is 1. The van der Waals surface area contributed by atoms with Crippen LogP contribution in [0.5, 0.6) is 0 Å². The highest BCUT2D eigenvalue weighted by atomic mass is 16.2. The zero-order valence-corrected chi connectivity index (χ0v) is 9.43. The first-order valence-corrected chi connectivity index (χ1v) is 5.21. The van der Waals surface area contributed by atoms with Crippen molar-refractivity contribution in [1.29, 1.82) is 0 Å². The van der Waals surface area contributed by atoms with Crippen molar-refractivity contribution >= 4 is 5.69 Å². The minimum atomic E-state index is -0.417. The quantitative estimate of drug-likeness (QED) is 0.737. The first-order chi connectivity index (χ1) is 8.08. The van der Waals surface area contributed by atoms with E-state index in [1.54, 1.807) is 0 Å². The maximum atomic E-state index is 11.5. The van der Waals surface area contributed by atoms with Gasteiger partial charge in [0.2, 0.25) is 0 Å². The first-order valence-electron chi connectivity index (χ1n) is 5.21. The van der Waals surface area contributed by atoms with Gasteiger partial charge in [0.25, 0.3) is 5.56 Å². The van der Waals surface area contributed by atoms with Crippen molar-refractivity contribution in [3.05, 3.63) is 62.4 Å². The zero-order valence-electron chi connectivity index (χ0n) is 9.43. The molecule has 0 saturated carbocycles. The van der Waals surface area contributed by atoms with Crippen LogP contribution >= 0.6 is 0 Å². The van der Waals surface area contributed by atoms with Gasteiger partial charge in [-0.2, -0.15) is 0 Å². The van der Waals surface area contributed by atoms with Gasteiger partial charge in [-0.05, 0) is 24.1 Å². The molecule has 17 heavy (non-hydrogen) atoms. The molecule has 0 saturated heterocycles. The van der Waals surface area contributed by atoms with Crippen LogP contribution in [0.15, 0.2) is 40.1 Å². The van der Waals surface area contributed by atoms with Gasteiger partial charge < -0.3 is 5.73 Å². The third-order valence-corrected chi connectivity index (χ3v) is 2.73.